The van der Waals surface area contributed by atoms with Crippen LogP contribution in [0.1, 0.15) is 31.2 Å². The lowest BCUT2D eigenvalue weighted by Gasteiger charge is -2.16. The topological polar surface area (TPSA) is 12.0 Å². The molecule has 1 atom stereocenters. The van der Waals surface area contributed by atoms with Crippen molar-refractivity contribution in [2.75, 3.05) is 13.6 Å². The molecule has 0 bridgehead atoms. The average Bonchev–Trinajstić information content (AvgIpc) is 2.25. The molecule has 1 heteroatoms. The maximum absolute atomic E-state index is 3.96. The molecule has 1 rings (SSSR count). The van der Waals surface area contributed by atoms with Crippen molar-refractivity contribution in [2.45, 2.75) is 25.7 Å². The molecule has 0 saturated carbocycles. The summed E-state index contributed by atoms with van der Waals surface area (Å²) in [5.41, 5.74) is 2.69. The fourth-order valence-corrected chi connectivity index (χ4v) is 1.78. The van der Waals surface area contributed by atoms with Crippen molar-refractivity contribution in [1.29, 1.82) is 0 Å². The van der Waals surface area contributed by atoms with E-state index in [2.05, 4.69) is 49.2 Å². The fraction of sp³-hybridized carbons (Fsp3) is 0.429. The number of nitrogens with one attached hydrogen (secondary N) is 1. The Labute approximate surface area is 93.2 Å². The smallest absolute Gasteiger partial charge is 0.00172 e. The molecule has 1 aromatic carbocycles. The molecule has 0 aliphatic heterocycles. The Hall–Kier alpha value is -1.08. The zero-order valence-corrected chi connectivity index (χ0v) is 9.79. The minimum atomic E-state index is 0.605. The predicted octanol–water partition coefficient (Wildman–Crippen LogP) is 3.35. The summed E-state index contributed by atoms with van der Waals surface area (Å²) >= 11 is 0. The lowest BCUT2D eigenvalue weighted by Crippen LogP contribution is -2.17. The number of likely N-dealkylation sites (N-methyl/N-ethyl adjacent to an activating group) is 1. The van der Waals surface area contributed by atoms with Crippen LogP contribution in [0.5, 0.6) is 0 Å². The van der Waals surface area contributed by atoms with E-state index in [4.69, 9.17) is 0 Å². The molecule has 0 aliphatic carbocycles. The molecule has 15 heavy (non-hydrogen) atoms. The van der Waals surface area contributed by atoms with Gasteiger partial charge in [-0.25, -0.2) is 0 Å². The fourth-order valence-electron chi connectivity index (χ4n) is 1.78. The lowest BCUT2D eigenvalue weighted by atomic mass is 9.93. The van der Waals surface area contributed by atoms with Gasteiger partial charge in [0.15, 0.2) is 0 Å². The van der Waals surface area contributed by atoms with Crippen LogP contribution in [0.2, 0.25) is 0 Å². The summed E-state index contributed by atoms with van der Waals surface area (Å²) in [5.74, 6) is 0.605. The Bertz CT molecular complexity index is 289. The van der Waals surface area contributed by atoms with Crippen LogP contribution in [0.4, 0.5) is 0 Å². The highest BCUT2D eigenvalue weighted by atomic mass is 14.8. The lowest BCUT2D eigenvalue weighted by molar-refractivity contribution is 0.583. The number of hydrogen-bond donors (Lipinski definition) is 1. The van der Waals surface area contributed by atoms with Crippen molar-refractivity contribution in [3.63, 3.8) is 0 Å². The summed E-state index contributed by atoms with van der Waals surface area (Å²) in [5, 5.41) is 3.26. The quantitative estimate of drug-likeness (QED) is 0.699. The van der Waals surface area contributed by atoms with Crippen LogP contribution in [-0.4, -0.2) is 13.6 Å². The van der Waals surface area contributed by atoms with E-state index >= 15 is 0 Å². The molecule has 0 radical (unpaired) electrons. The van der Waals surface area contributed by atoms with Gasteiger partial charge in [0.05, 0.1) is 0 Å². The highest BCUT2D eigenvalue weighted by Gasteiger charge is 2.09. The van der Waals surface area contributed by atoms with Crippen molar-refractivity contribution in [1.82, 2.24) is 5.32 Å². The van der Waals surface area contributed by atoms with Crippen LogP contribution < -0.4 is 5.32 Å². The maximum atomic E-state index is 3.96. The Morgan fingerprint density at radius 2 is 2.00 bits per heavy atom. The van der Waals surface area contributed by atoms with Crippen LogP contribution in [-0.2, 0) is 0 Å². The number of benzene rings is 1. The highest BCUT2D eigenvalue weighted by Crippen LogP contribution is 2.21. The molecular weight excluding hydrogens is 182 g/mol. The van der Waals surface area contributed by atoms with E-state index in [1.165, 1.54) is 17.6 Å². The molecule has 0 heterocycles. The zero-order chi connectivity index (χ0) is 11.1. The molecule has 1 unspecified atom stereocenters. The summed E-state index contributed by atoms with van der Waals surface area (Å²) in [7, 11) is 2.01. The molecule has 0 aromatic heterocycles. The van der Waals surface area contributed by atoms with Gasteiger partial charge in [-0.05, 0) is 38.3 Å². The van der Waals surface area contributed by atoms with Crippen LogP contribution in [0.25, 0.3) is 0 Å². The first kappa shape index (κ1) is 12.0. The van der Waals surface area contributed by atoms with Crippen LogP contribution in [0, 0.1) is 0 Å². The Balaban J connectivity index is 2.61. The summed E-state index contributed by atoms with van der Waals surface area (Å²) < 4.78 is 0. The van der Waals surface area contributed by atoms with Gasteiger partial charge < -0.3 is 5.32 Å². The van der Waals surface area contributed by atoms with Crippen LogP contribution >= 0.6 is 0 Å². The van der Waals surface area contributed by atoms with Gasteiger partial charge in [-0.1, -0.05) is 35.9 Å². The number of allylic oxidation sites excluding steroid dienone is 1. The molecular formula is C14H21N. The van der Waals surface area contributed by atoms with Crippen molar-refractivity contribution in [3.8, 4) is 0 Å². The van der Waals surface area contributed by atoms with Gasteiger partial charge in [0.25, 0.3) is 0 Å². The Morgan fingerprint density at radius 3 is 2.53 bits per heavy atom. The standard InChI is InChI=1S/C14H21N/c1-12(2)9-10-14(11-15-3)13-7-5-4-6-8-13/h4-8,14-15H,1,9-11H2,2-3H3. The SMILES string of the molecule is C=C(C)CCC(CNC)c1ccccc1. The van der Waals surface area contributed by atoms with Gasteiger partial charge in [-0.2, -0.15) is 0 Å². The van der Waals surface area contributed by atoms with Crippen molar-refractivity contribution >= 4 is 0 Å². The molecule has 1 N–H and O–H groups in total. The third kappa shape index (κ3) is 4.30. The highest BCUT2D eigenvalue weighted by molar-refractivity contribution is 5.20. The minimum Gasteiger partial charge on any atom is -0.319 e. The summed E-state index contributed by atoms with van der Waals surface area (Å²) in [6.45, 7) is 7.10. The Kier molecular flexibility index (Phi) is 5.13. The van der Waals surface area contributed by atoms with Gasteiger partial charge in [-0.15, -0.1) is 6.58 Å². The van der Waals surface area contributed by atoms with Crippen LogP contribution in [0.15, 0.2) is 42.5 Å². The maximum Gasteiger partial charge on any atom is 0.00172 e. The number of rotatable bonds is 6. The third-order valence-corrected chi connectivity index (χ3v) is 2.64. The summed E-state index contributed by atoms with van der Waals surface area (Å²) in [6.07, 6.45) is 2.29. The minimum absolute atomic E-state index is 0.605. The van der Waals surface area contributed by atoms with E-state index in [0.29, 0.717) is 5.92 Å². The molecule has 0 fully saturated rings. The second-order valence-electron chi connectivity index (χ2n) is 4.16. The third-order valence-electron chi connectivity index (χ3n) is 2.64. The van der Waals surface area contributed by atoms with E-state index in [-0.39, 0.29) is 0 Å². The summed E-state index contributed by atoms with van der Waals surface area (Å²) in [6, 6.07) is 10.7. The first-order chi connectivity index (χ1) is 7.24. The van der Waals surface area contributed by atoms with E-state index in [1.807, 2.05) is 7.05 Å². The first-order valence-electron chi connectivity index (χ1n) is 5.58. The van der Waals surface area contributed by atoms with Gasteiger partial charge in [-0.3, -0.25) is 0 Å². The van der Waals surface area contributed by atoms with E-state index in [9.17, 15) is 0 Å². The zero-order valence-electron chi connectivity index (χ0n) is 9.79. The van der Waals surface area contributed by atoms with E-state index in [1.54, 1.807) is 0 Å². The molecule has 0 spiro atoms. The first-order valence-corrected chi connectivity index (χ1v) is 5.58. The molecule has 0 amide bonds. The van der Waals surface area contributed by atoms with E-state index in [0.717, 1.165) is 13.0 Å². The van der Waals surface area contributed by atoms with Crippen molar-refractivity contribution in [3.05, 3.63) is 48.0 Å². The van der Waals surface area contributed by atoms with Gasteiger partial charge in [0, 0.05) is 6.54 Å². The van der Waals surface area contributed by atoms with Gasteiger partial charge >= 0.3 is 0 Å². The summed E-state index contributed by atoms with van der Waals surface area (Å²) in [4.78, 5) is 0. The Morgan fingerprint density at radius 1 is 1.33 bits per heavy atom. The van der Waals surface area contributed by atoms with Gasteiger partial charge in [0.2, 0.25) is 0 Å². The molecule has 1 nitrogen and oxygen atoms in total. The van der Waals surface area contributed by atoms with Gasteiger partial charge in [0.1, 0.15) is 0 Å². The molecule has 0 saturated heterocycles. The predicted molar refractivity (Wildman–Crippen MR) is 67.2 cm³/mol. The molecule has 0 aliphatic rings. The van der Waals surface area contributed by atoms with Crippen molar-refractivity contribution in [2.24, 2.45) is 0 Å². The second kappa shape index (κ2) is 6.41. The average molecular weight is 203 g/mol. The number of hydrogen-bond acceptors (Lipinski definition) is 1. The molecule has 1 aromatic rings. The largest absolute Gasteiger partial charge is 0.319 e. The van der Waals surface area contributed by atoms with Crippen LogP contribution in [0.3, 0.4) is 0 Å². The van der Waals surface area contributed by atoms with Crippen molar-refractivity contribution < 1.29 is 0 Å². The van der Waals surface area contributed by atoms with E-state index < -0.39 is 0 Å². The second-order valence-corrected chi connectivity index (χ2v) is 4.16. The molecule has 82 valence electrons. The normalized spacial score (nSPS) is 12.4. The monoisotopic (exact) mass is 203 g/mol.